The van der Waals surface area contributed by atoms with Gasteiger partial charge in [-0.2, -0.15) is 0 Å². The summed E-state index contributed by atoms with van der Waals surface area (Å²) in [7, 11) is 0. The molecule has 0 saturated carbocycles. The Bertz CT molecular complexity index is 872. The number of rotatable bonds is 4. The van der Waals surface area contributed by atoms with Crippen LogP contribution in [0.4, 0.5) is 5.69 Å². The van der Waals surface area contributed by atoms with Crippen LogP contribution in [0.5, 0.6) is 11.5 Å². The van der Waals surface area contributed by atoms with Gasteiger partial charge < -0.3 is 9.64 Å². The number of benzene rings is 2. The Morgan fingerprint density at radius 2 is 1.42 bits per heavy atom. The van der Waals surface area contributed by atoms with Crippen LogP contribution in [0.15, 0.2) is 65.3 Å². The van der Waals surface area contributed by atoms with Gasteiger partial charge in [0.2, 0.25) is 0 Å². The molecule has 0 atom stereocenters. The lowest BCUT2D eigenvalue weighted by atomic mass is 10.2. The first kappa shape index (κ1) is 16.7. The molecular weight excluding hydrogens is 352 g/mol. The third-order valence-corrected chi connectivity index (χ3v) is 4.84. The van der Waals surface area contributed by atoms with E-state index in [0.29, 0.717) is 17.1 Å². The van der Waals surface area contributed by atoms with Gasteiger partial charge in [-0.3, -0.25) is 9.59 Å². The van der Waals surface area contributed by atoms with E-state index in [1.165, 1.54) is 0 Å². The summed E-state index contributed by atoms with van der Waals surface area (Å²) in [4.78, 5) is 28.3. The summed E-state index contributed by atoms with van der Waals surface area (Å²) in [6, 6.07) is 16.2. The average molecular weight is 369 g/mol. The maximum atomic E-state index is 12.8. The lowest BCUT2D eigenvalue weighted by Gasteiger charge is -2.20. The maximum Gasteiger partial charge on any atom is 0.283 e. The van der Waals surface area contributed by atoms with Crippen LogP contribution < -0.4 is 9.64 Å². The molecule has 2 heterocycles. The van der Waals surface area contributed by atoms with Crippen molar-refractivity contribution in [1.29, 1.82) is 0 Å². The van der Waals surface area contributed by atoms with Gasteiger partial charge in [0, 0.05) is 13.1 Å². The Kier molecular flexibility index (Phi) is 4.39. The van der Waals surface area contributed by atoms with Crippen LogP contribution in [0.2, 0.25) is 0 Å². The van der Waals surface area contributed by atoms with Gasteiger partial charge in [-0.25, -0.2) is 4.90 Å². The molecule has 2 aromatic carbocycles. The fraction of sp³-hybridized carbons (Fsp3) is 0.200. The summed E-state index contributed by atoms with van der Waals surface area (Å²) in [6.45, 7) is 1.50. The van der Waals surface area contributed by atoms with E-state index < -0.39 is 5.91 Å². The minimum absolute atomic E-state index is 0.00140. The van der Waals surface area contributed by atoms with Crippen LogP contribution in [0.3, 0.4) is 0 Å². The summed E-state index contributed by atoms with van der Waals surface area (Å²) in [5.74, 6) is 0.501. The van der Waals surface area contributed by atoms with Crippen LogP contribution in [0.1, 0.15) is 12.8 Å². The van der Waals surface area contributed by atoms with E-state index in [-0.39, 0.29) is 10.9 Å². The summed E-state index contributed by atoms with van der Waals surface area (Å²) >= 11 is 6.19. The number of anilines is 1. The van der Waals surface area contributed by atoms with E-state index in [1.807, 2.05) is 35.2 Å². The predicted octanol–water partition coefficient (Wildman–Crippen LogP) is 3.90. The highest BCUT2D eigenvalue weighted by atomic mass is 35.5. The number of likely N-dealkylation sites (tertiary alicyclic amines) is 1. The van der Waals surface area contributed by atoms with Crippen molar-refractivity contribution in [3.63, 3.8) is 0 Å². The van der Waals surface area contributed by atoms with Crippen molar-refractivity contribution in [3.8, 4) is 11.5 Å². The molecule has 0 unspecified atom stereocenters. The highest BCUT2D eigenvalue weighted by Crippen LogP contribution is 2.33. The minimum Gasteiger partial charge on any atom is -0.457 e. The van der Waals surface area contributed by atoms with Gasteiger partial charge in [0.05, 0.1) is 5.69 Å². The number of hydrogen-bond acceptors (Lipinski definition) is 4. The lowest BCUT2D eigenvalue weighted by molar-refractivity contribution is -0.121. The van der Waals surface area contributed by atoms with Gasteiger partial charge in [0.1, 0.15) is 22.2 Å². The molecule has 0 aromatic heterocycles. The molecule has 5 nitrogen and oxygen atoms in total. The van der Waals surface area contributed by atoms with Crippen LogP contribution in [0.25, 0.3) is 0 Å². The normalized spacial score (nSPS) is 17.4. The van der Waals surface area contributed by atoms with Crippen molar-refractivity contribution in [2.75, 3.05) is 18.0 Å². The minimum atomic E-state index is -0.477. The summed E-state index contributed by atoms with van der Waals surface area (Å²) in [5.41, 5.74) is 0.798. The molecule has 2 aliphatic rings. The quantitative estimate of drug-likeness (QED) is 0.768. The molecule has 2 amide bonds. The largest absolute Gasteiger partial charge is 0.457 e. The number of nitrogens with zero attached hydrogens (tertiary/aromatic N) is 2. The van der Waals surface area contributed by atoms with Crippen molar-refractivity contribution < 1.29 is 14.3 Å². The molecule has 0 bridgehead atoms. The smallest absolute Gasteiger partial charge is 0.283 e. The van der Waals surface area contributed by atoms with Gasteiger partial charge in [0.15, 0.2) is 0 Å². The standard InChI is InChI=1S/C20H17ClN2O3/c21-17-18(22-12-4-5-13-22)20(25)23(19(17)24)14-8-10-16(11-9-14)26-15-6-2-1-3-7-15/h1-3,6-11H,4-5,12-13H2. The molecule has 6 heteroatoms. The van der Waals surface area contributed by atoms with Crippen molar-refractivity contribution in [2.45, 2.75) is 12.8 Å². The zero-order chi connectivity index (χ0) is 18.1. The first-order chi connectivity index (χ1) is 12.6. The van der Waals surface area contributed by atoms with Gasteiger partial charge in [0.25, 0.3) is 11.8 Å². The molecule has 26 heavy (non-hydrogen) atoms. The number of para-hydroxylation sites is 1. The molecule has 0 aliphatic carbocycles. The Labute approximate surface area is 156 Å². The number of imide groups is 1. The topological polar surface area (TPSA) is 49.9 Å². The van der Waals surface area contributed by atoms with E-state index >= 15 is 0 Å². The first-order valence-corrected chi connectivity index (χ1v) is 8.89. The first-order valence-electron chi connectivity index (χ1n) is 8.51. The fourth-order valence-corrected chi connectivity index (χ4v) is 3.51. The summed E-state index contributed by atoms with van der Waals surface area (Å²) in [6.07, 6.45) is 2.00. The van der Waals surface area contributed by atoms with Crippen LogP contribution in [-0.2, 0) is 9.59 Å². The van der Waals surface area contributed by atoms with E-state index in [9.17, 15) is 9.59 Å². The fourth-order valence-electron chi connectivity index (χ4n) is 3.23. The van der Waals surface area contributed by atoms with E-state index in [1.54, 1.807) is 24.3 Å². The number of amides is 2. The van der Waals surface area contributed by atoms with Crippen molar-refractivity contribution in [3.05, 3.63) is 65.3 Å². The molecule has 132 valence electrons. The second kappa shape index (κ2) is 6.84. The predicted molar refractivity (Wildman–Crippen MR) is 99.1 cm³/mol. The SMILES string of the molecule is O=C1C(Cl)=C(N2CCCC2)C(=O)N1c1ccc(Oc2ccccc2)cc1. The van der Waals surface area contributed by atoms with Gasteiger partial charge >= 0.3 is 0 Å². The second-order valence-corrected chi connectivity index (χ2v) is 6.59. The number of halogens is 1. The van der Waals surface area contributed by atoms with E-state index in [0.717, 1.165) is 36.6 Å². The monoisotopic (exact) mass is 368 g/mol. The zero-order valence-corrected chi connectivity index (χ0v) is 14.8. The molecule has 0 N–H and O–H groups in total. The van der Waals surface area contributed by atoms with E-state index in [2.05, 4.69) is 0 Å². The summed E-state index contributed by atoms with van der Waals surface area (Å²) < 4.78 is 5.74. The van der Waals surface area contributed by atoms with Crippen molar-refractivity contribution in [2.24, 2.45) is 0 Å². The van der Waals surface area contributed by atoms with Gasteiger partial charge in [-0.15, -0.1) is 0 Å². The lowest BCUT2D eigenvalue weighted by Crippen LogP contribution is -2.34. The Hall–Kier alpha value is -2.79. The third-order valence-electron chi connectivity index (χ3n) is 4.50. The number of ether oxygens (including phenoxy) is 1. The van der Waals surface area contributed by atoms with Crippen LogP contribution >= 0.6 is 11.6 Å². The maximum absolute atomic E-state index is 12.8. The van der Waals surface area contributed by atoms with E-state index in [4.69, 9.17) is 16.3 Å². The van der Waals surface area contributed by atoms with Crippen molar-refractivity contribution >= 4 is 29.1 Å². The van der Waals surface area contributed by atoms with Crippen molar-refractivity contribution in [1.82, 2.24) is 4.90 Å². The van der Waals surface area contributed by atoms with Crippen LogP contribution in [-0.4, -0.2) is 29.8 Å². The molecule has 1 saturated heterocycles. The molecular formula is C20H17ClN2O3. The van der Waals surface area contributed by atoms with Gasteiger partial charge in [-0.05, 0) is 49.2 Å². The Morgan fingerprint density at radius 1 is 0.808 bits per heavy atom. The summed E-state index contributed by atoms with van der Waals surface area (Å²) in [5, 5.41) is 0.00140. The second-order valence-electron chi connectivity index (χ2n) is 6.21. The third kappa shape index (κ3) is 2.95. The average Bonchev–Trinajstić information content (AvgIpc) is 3.25. The highest BCUT2D eigenvalue weighted by Gasteiger charge is 2.41. The van der Waals surface area contributed by atoms with Gasteiger partial charge in [-0.1, -0.05) is 29.8 Å². The molecule has 2 aliphatic heterocycles. The molecule has 0 radical (unpaired) electrons. The van der Waals surface area contributed by atoms with Crippen LogP contribution in [0, 0.1) is 0 Å². The Balaban J connectivity index is 1.54. The number of carbonyl (C=O) groups is 2. The molecule has 0 spiro atoms. The molecule has 1 fully saturated rings. The Morgan fingerprint density at radius 3 is 2.08 bits per heavy atom. The number of carbonyl (C=O) groups excluding carboxylic acids is 2. The number of hydrogen-bond donors (Lipinski definition) is 0. The highest BCUT2D eigenvalue weighted by molar-refractivity contribution is 6.52. The zero-order valence-electron chi connectivity index (χ0n) is 14.0. The molecule has 2 aromatic rings. The molecule has 4 rings (SSSR count).